The number of aryl methyl sites for hydroxylation is 1. The van der Waals surface area contributed by atoms with E-state index in [-0.39, 0.29) is 16.6 Å². The molecule has 1 fully saturated rings. The van der Waals surface area contributed by atoms with Gasteiger partial charge in [0.05, 0.1) is 11.2 Å². The van der Waals surface area contributed by atoms with Gasteiger partial charge in [-0.1, -0.05) is 35.9 Å². The Hall–Kier alpha value is -3.53. The summed E-state index contributed by atoms with van der Waals surface area (Å²) in [6, 6.07) is 18.2. The van der Waals surface area contributed by atoms with Gasteiger partial charge in [0.15, 0.2) is 0 Å². The molecule has 7 nitrogen and oxygen atoms in total. The number of hydrogen-bond acceptors (Lipinski definition) is 5. The average molecular weight is 553 g/mol. The number of rotatable bonds is 6. The number of para-hydroxylation sites is 1. The molecule has 1 aliphatic heterocycles. The van der Waals surface area contributed by atoms with E-state index in [1.54, 1.807) is 60.5 Å². The van der Waals surface area contributed by atoms with E-state index in [1.165, 1.54) is 12.1 Å². The highest BCUT2D eigenvalue weighted by atomic mass is 35.5. The fraction of sp³-hybridized carbons (Fsp3) is 0.214. The molecule has 0 radical (unpaired) electrons. The predicted octanol–water partition coefficient (Wildman–Crippen LogP) is 5.09. The van der Waals surface area contributed by atoms with E-state index in [1.807, 2.05) is 12.1 Å². The summed E-state index contributed by atoms with van der Waals surface area (Å²) in [6.45, 7) is 4.46. The van der Waals surface area contributed by atoms with Crippen molar-refractivity contribution in [2.45, 2.75) is 18.4 Å². The minimum atomic E-state index is -3.90. The van der Waals surface area contributed by atoms with E-state index in [4.69, 9.17) is 11.6 Å². The van der Waals surface area contributed by atoms with Gasteiger partial charge in [0.1, 0.15) is 10.7 Å². The largest absolute Gasteiger partial charge is 0.336 e. The molecule has 1 aliphatic rings. The van der Waals surface area contributed by atoms with Crippen LogP contribution in [0.1, 0.15) is 21.5 Å². The van der Waals surface area contributed by atoms with Crippen LogP contribution in [-0.4, -0.2) is 55.3 Å². The number of pyridine rings is 1. The maximum Gasteiger partial charge on any atom is 0.264 e. The van der Waals surface area contributed by atoms with E-state index in [0.29, 0.717) is 65.6 Å². The number of hydrogen-bond donors (Lipinski definition) is 1. The first kappa shape index (κ1) is 26.1. The maximum atomic E-state index is 14.1. The minimum absolute atomic E-state index is 0.0894. The van der Waals surface area contributed by atoms with Crippen molar-refractivity contribution < 1.29 is 17.6 Å². The van der Waals surface area contributed by atoms with E-state index in [0.717, 1.165) is 5.39 Å². The molecule has 2 heterocycles. The number of sulfonamides is 1. The van der Waals surface area contributed by atoms with Crippen LogP contribution in [0.15, 0.2) is 77.8 Å². The SMILES string of the molecule is Cc1cc(C(=O)N2CCN(Cc3ccc(Cl)cc3F)CC2)ccc1NS(=O)(=O)c1cccc2cccnc12. The fourth-order valence-electron chi connectivity index (χ4n) is 4.59. The Kier molecular flexibility index (Phi) is 7.34. The highest BCUT2D eigenvalue weighted by molar-refractivity contribution is 7.93. The van der Waals surface area contributed by atoms with Crippen molar-refractivity contribution in [1.29, 1.82) is 0 Å². The number of halogens is 2. The third kappa shape index (κ3) is 5.50. The van der Waals surface area contributed by atoms with Crippen molar-refractivity contribution in [3.8, 4) is 0 Å². The third-order valence-electron chi connectivity index (χ3n) is 6.67. The Morgan fingerprint density at radius 3 is 2.53 bits per heavy atom. The maximum absolute atomic E-state index is 14.1. The number of anilines is 1. The zero-order valence-electron chi connectivity index (χ0n) is 20.7. The van der Waals surface area contributed by atoms with Crippen molar-refractivity contribution in [2.24, 2.45) is 0 Å². The van der Waals surface area contributed by atoms with Gasteiger partial charge in [0, 0.05) is 60.5 Å². The second-order valence-corrected chi connectivity index (χ2v) is 11.4. The van der Waals surface area contributed by atoms with Crippen LogP contribution in [0.25, 0.3) is 10.9 Å². The van der Waals surface area contributed by atoms with Crippen LogP contribution in [0.3, 0.4) is 0 Å². The molecule has 196 valence electrons. The number of carbonyl (C=O) groups is 1. The minimum Gasteiger partial charge on any atom is -0.336 e. The summed E-state index contributed by atoms with van der Waals surface area (Å²) in [5.41, 5.74) is 2.47. The first-order valence-electron chi connectivity index (χ1n) is 12.1. The average Bonchev–Trinajstić information content (AvgIpc) is 2.91. The number of carbonyl (C=O) groups excluding carboxylic acids is 1. The first-order chi connectivity index (χ1) is 18.2. The van der Waals surface area contributed by atoms with Gasteiger partial charge < -0.3 is 4.90 Å². The Morgan fingerprint density at radius 2 is 1.79 bits per heavy atom. The van der Waals surface area contributed by atoms with Crippen molar-refractivity contribution >= 4 is 44.1 Å². The topological polar surface area (TPSA) is 82.6 Å². The molecule has 4 aromatic rings. The van der Waals surface area contributed by atoms with Gasteiger partial charge in [-0.2, -0.15) is 0 Å². The van der Waals surface area contributed by atoms with Gasteiger partial charge in [-0.3, -0.25) is 19.4 Å². The second-order valence-electron chi connectivity index (χ2n) is 9.27. The first-order valence-corrected chi connectivity index (χ1v) is 14.0. The van der Waals surface area contributed by atoms with Crippen LogP contribution in [-0.2, 0) is 16.6 Å². The Balaban J connectivity index is 1.25. The van der Waals surface area contributed by atoms with Crippen molar-refractivity contribution in [3.63, 3.8) is 0 Å². The summed E-state index contributed by atoms with van der Waals surface area (Å²) < 4.78 is 43.1. The van der Waals surface area contributed by atoms with Gasteiger partial charge in [-0.25, -0.2) is 12.8 Å². The molecule has 5 rings (SSSR count). The molecule has 1 amide bonds. The molecule has 0 unspecified atom stereocenters. The standard InChI is InChI=1S/C28H26ClFN4O3S/c1-19-16-21(28(35)34-14-12-33(13-15-34)18-22-7-9-23(29)17-24(22)30)8-10-25(19)32-38(36,37)26-6-2-4-20-5-3-11-31-27(20)26/h2-11,16-17,32H,12-15,18H2,1H3. The number of aromatic nitrogens is 1. The molecule has 38 heavy (non-hydrogen) atoms. The summed E-state index contributed by atoms with van der Waals surface area (Å²) in [6.07, 6.45) is 1.56. The fourth-order valence-corrected chi connectivity index (χ4v) is 6.06. The monoisotopic (exact) mass is 552 g/mol. The molecule has 0 spiro atoms. The Bertz CT molecular complexity index is 1620. The van der Waals surface area contributed by atoms with Crippen LogP contribution in [0, 0.1) is 12.7 Å². The van der Waals surface area contributed by atoms with Crippen LogP contribution in [0.2, 0.25) is 5.02 Å². The molecule has 1 N–H and O–H groups in total. The molecule has 0 saturated carbocycles. The van der Waals surface area contributed by atoms with Crippen LogP contribution in [0.4, 0.5) is 10.1 Å². The van der Waals surface area contributed by atoms with E-state index < -0.39 is 10.0 Å². The quantitative estimate of drug-likeness (QED) is 0.360. The lowest BCUT2D eigenvalue weighted by Crippen LogP contribution is -2.48. The van der Waals surface area contributed by atoms with E-state index >= 15 is 0 Å². The lowest BCUT2D eigenvalue weighted by molar-refractivity contribution is 0.0627. The molecule has 0 atom stereocenters. The molecular formula is C28H26ClFN4O3S. The highest BCUT2D eigenvalue weighted by Crippen LogP contribution is 2.26. The molecule has 1 aromatic heterocycles. The number of amides is 1. The van der Waals surface area contributed by atoms with Crippen LogP contribution < -0.4 is 4.72 Å². The smallest absolute Gasteiger partial charge is 0.264 e. The number of benzene rings is 3. The summed E-state index contributed by atoms with van der Waals surface area (Å²) in [7, 11) is -3.90. The molecular weight excluding hydrogens is 527 g/mol. The van der Waals surface area contributed by atoms with E-state index in [9.17, 15) is 17.6 Å². The zero-order chi connectivity index (χ0) is 26.9. The lowest BCUT2D eigenvalue weighted by atomic mass is 10.1. The summed E-state index contributed by atoms with van der Waals surface area (Å²) in [5.74, 6) is -0.461. The highest BCUT2D eigenvalue weighted by Gasteiger charge is 2.24. The van der Waals surface area contributed by atoms with Crippen molar-refractivity contribution in [1.82, 2.24) is 14.8 Å². The Morgan fingerprint density at radius 1 is 1.03 bits per heavy atom. The number of piperazine rings is 1. The third-order valence-corrected chi connectivity index (χ3v) is 8.30. The second kappa shape index (κ2) is 10.7. The molecule has 10 heteroatoms. The van der Waals surface area contributed by atoms with E-state index in [2.05, 4.69) is 14.6 Å². The molecule has 0 aliphatic carbocycles. The molecule has 1 saturated heterocycles. The number of nitrogens with one attached hydrogen (secondary N) is 1. The summed E-state index contributed by atoms with van der Waals surface area (Å²) in [4.78, 5) is 21.3. The van der Waals surface area contributed by atoms with Gasteiger partial charge >= 0.3 is 0 Å². The normalized spacial score (nSPS) is 14.6. The predicted molar refractivity (Wildman–Crippen MR) is 146 cm³/mol. The van der Waals surface area contributed by atoms with Gasteiger partial charge in [0.25, 0.3) is 15.9 Å². The van der Waals surface area contributed by atoms with Gasteiger partial charge in [-0.05, 0) is 55.0 Å². The molecule has 0 bridgehead atoms. The number of nitrogens with zero attached hydrogens (tertiary/aromatic N) is 3. The summed E-state index contributed by atoms with van der Waals surface area (Å²) >= 11 is 5.84. The van der Waals surface area contributed by atoms with Crippen LogP contribution in [0.5, 0.6) is 0 Å². The van der Waals surface area contributed by atoms with Crippen LogP contribution >= 0.6 is 11.6 Å². The number of fused-ring (bicyclic) bond motifs is 1. The van der Waals surface area contributed by atoms with Gasteiger partial charge in [0.2, 0.25) is 0 Å². The van der Waals surface area contributed by atoms with Gasteiger partial charge in [-0.15, -0.1) is 0 Å². The zero-order valence-corrected chi connectivity index (χ0v) is 22.3. The Labute approximate surface area is 225 Å². The molecule has 3 aromatic carbocycles. The summed E-state index contributed by atoms with van der Waals surface area (Å²) in [5, 5.41) is 1.09. The lowest BCUT2D eigenvalue weighted by Gasteiger charge is -2.35. The van der Waals surface area contributed by atoms with Crippen molar-refractivity contribution in [2.75, 3.05) is 30.9 Å². The van der Waals surface area contributed by atoms with Crippen molar-refractivity contribution in [3.05, 3.63) is 100 Å².